The van der Waals surface area contributed by atoms with Crippen LogP contribution < -0.4 is 0 Å². The van der Waals surface area contributed by atoms with Gasteiger partial charge in [0, 0.05) is 11.6 Å². The molecule has 30 heavy (non-hydrogen) atoms. The zero-order valence-electron chi connectivity index (χ0n) is 16.1. The molecule has 1 fully saturated rings. The minimum atomic E-state index is -4.98. The van der Waals surface area contributed by atoms with Crippen LogP contribution in [0, 0.1) is 17.6 Å². The normalized spacial score (nSPS) is 22.8. The fourth-order valence-electron chi connectivity index (χ4n) is 3.78. The summed E-state index contributed by atoms with van der Waals surface area (Å²) < 4.78 is 93.7. The molecule has 0 aliphatic heterocycles. The Hall–Kier alpha value is -2.00. The first kappa shape index (κ1) is 22.7. The molecule has 0 saturated heterocycles. The van der Waals surface area contributed by atoms with Crippen LogP contribution in [0.15, 0.2) is 41.3 Å². The molecule has 1 aliphatic carbocycles. The molecule has 1 saturated carbocycles. The fourth-order valence-corrected chi connectivity index (χ4v) is 5.70. The molecule has 1 aliphatic rings. The smallest absolute Gasteiger partial charge is 0.390 e. The van der Waals surface area contributed by atoms with Crippen LogP contribution in [-0.4, -0.2) is 24.9 Å². The van der Waals surface area contributed by atoms with Gasteiger partial charge < -0.3 is 5.11 Å². The predicted octanol–water partition coefficient (Wildman–Crippen LogP) is 5.37. The van der Waals surface area contributed by atoms with Crippen molar-refractivity contribution in [3.05, 3.63) is 53.6 Å². The molecule has 0 heterocycles. The minimum Gasteiger partial charge on any atom is -0.390 e. The van der Waals surface area contributed by atoms with Gasteiger partial charge in [-0.1, -0.05) is 6.07 Å². The standard InChI is InChI=1S/C21H21F5O3S/c1-20(27)8-6-13(7-9-20)12-30(28,29)19-5-2-14(10-17(19)21(24,25)26)16-4-3-15(22)11-18(16)23/h2-5,10-11,13,27H,6-9,12H2,1H3/t13-,20-. The van der Waals surface area contributed by atoms with E-state index in [-0.39, 0.29) is 17.0 Å². The molecular weight excluding hydrogens is 427 g/mol. The van der Waals surface area contributed by atoms with Crippen molar-refractivity contribution in [3.8, 4) is 11.1 Å². The van der Waals surface area contributed by atoms with Crippen LogP contribution in [0.2, 0.25) is 0 Å². The van der Waals surface area contributed by atoms with Gasteiger partial charge in [-0.15, -0.1) is 0 Å². The van der Waals surface area contributed by atoms with E-state index in [1.165, 1.54) is 0 Å². The van der Waals surface area contributed by atoms with Crippen molar-refractivity contribution in [1.29, 1.82) is 0 Å². The monoisotopic (exact) mass is 448 g/mol. The van der Waals surface area contributed by atoms with Gasteiger partial charge in [0.1, 0.15) is 11.6 Å². The van der Waals surface area contributed by atoms with E-state index in [9.17, 15) is 35.5 Å². The van der Waals surface area contributed by atoms with Gasteiger partial charge in [0.05, 0.1) is 21.8 Å². The lowest BCUT2D eigenvalue weighted by Gasteiger charge is -2.33. The SMILES string of the molecule is C[C@]1(O)CC[C@H](CS(=O)(=O)c2ccc(-c3ccc(F)cc3F)cc2C(F)(F)F)CC1. The molecule has 2 aromatic rings. The third-order valence-electron chi connectivity index (χ3n) is 5.50. The third-order valence-corrected chi connectivity index (χ3v) is 7.44. The summed E-state index contributed by atoms with van der Waals surface area (Å²) in [7, 11) is -4.28. The molecule has 164 valence electrons. The number of hydrogen-bond acceptors (Lipinski definition) is 3. The van der Waals surface area contributed by atoms with E-state index in [1.54, 1.807) is 6.92 Å². The Kier molecular flexibility index (Phi) is 5.99. The van der Waals surface area contributed by atoms with Crippen molar-refractivity contribution in [3.63, 3.8) is 0 Å². The second kappa shape index (κ2) is 7.92. The van der Waals surface area contributed by atoms with Gasteiger partial charge in [0.15, 0.2) is 9.84 Å². The first-order valence-corrected chi connectivity index (χ1v) is 11.1. The second-order valence-corrected chi connectivity index (χ2v) is 10.1. The van der Waals surface area contributed by atoms with Gasteiger partial charge in [-0.05, 0) is 68.4 Å². The maximum atomic E-state index is 14.0. The quantitative estimate of drug-likeness (QED) is 0.641. The molecule has 3 nitrogen and oxygen atoms in total. The summed E-state index contributed by atoms with van der Waals surface area (Å²) in [6, 6.07) is 4.95. The maximum Gasteiger partial charge on any atom is 0.417 e. The zero-order valence-corrected chi connectivity index (χ0v) is 17.0. The highest BCUT2D eigenvalue weighted by Gasteiger charge is 2.39. The van der Waals surface area contributed by atoms with Crippen LogP contribution in [0.25, 0.3) is 11.1 Å². The number of benzene rings is 2. The van der Waals surface area contributed by atoms with Gasteiger partial charge in [0.2, 0.25) is 0 Å². The van der Waals surface area contributed by atoms with E-state index in [2.05, 4.69) is 0 Å². The molecule has 0 unspecified atom stereocenters. The zero-order chi connectivity index (χ0) is 22.3. The van der Waals surface area contributed by atoms with E-state index in [4.69, 9.17) is 0 Å². The van der Waals surface area contributed by atoms with Gasteiger partial charge in [-0.2, -0.15) is 13.2 Å². The number of rotatable bonds is 4. The van der Waals surface area contributed by atoms with Crippen LogP contribution in [0.1, 0.15) is 38.2 Å². The number of sulfone groups is 1. The molecule has 0 atom stereocenters. The lowest BCUT2D eigenvalue weighted by atomic mass is 9.81. The second-order valence-electron chi connectivity index (χ2n) is 8.05. The largest absolute Gasteiger partial charge is 0.417 e. The predicted molar refractivity (Wildman–Crippen MR) is 101 cm³/mol. The van der Waals surface area contributed by atoms with Crippen LogP contribution in [0.4, 0.5) is 22.0 Å². The highest BCUT2D eigenvalue weighted by molar-refractivity contribution is 7.91. The molecule has 3 rings (SSSR count). The van der Waals surface area contributed by atoms with E-state index in [1.807, 2.05) is 0 Å². The first-order valence-electron chi connectivity index (χ1n) is 9.40. The summed E-state index contributed by atoms with van der Waals surface area (Å²) in [5, 5.41) is 9.98. The van der Waals surface area contributed by atoms with Crippen molar-refractivity contribution < 1.29 is 35.5 Å². The molecule has 9 heteroatoms. The maximum absolute atomic E-state index is 14.0. The summed E-state index contributed by atoms with van der Waals surface area (Å²) in [6.45, 7) is 1.65. The molecule has 0 aromatic heterocycles. The molecule has 2 aromatic carbocycles. The Bertz CT molecular complexity index is 1040. The molecular formula is C21H21F5O3S. The summed E-state index contributed by atoms with van der Waals surface area (Å²) in [6.07, 6.45) is -3.44. The summed E-state index contributed by atoms with van der Waals surface area (Å²) in [5.74, 6) is -2.74. The Morgan fingerprint density at radius 3 is 2.27 bits per heavy atom. The van der Waals surface area contributed by atoms with Crippen molar-refractivity contribution in [2.24, 2.45) is 5.92 Å². The van der Waals surface area contributed by atoms with Crippen LogP contribution in [0.3, 0.4) is 0 Å². The Labute approximate surface area is 171 Å². The van der Waals surface area contributed by atoms with E-state index < -0.39 is 49.5 Å². The first-order chi connectivity index (χ1) is 13.8. The molecule has 0 spiro atoms. The van der Waals surface area contributed by atoms with Gasteiger partial charge in [0.25, 0.3) is 0 Å². The number of aliphatic hydroxyl groups is 1. The Morgan fingerprint density at radius 2 is 1.70 bits per heavy atom. The lowest BCUT2D eigenvalue weighted by molar-refractivity contribution is -0.139. The van der Waals surface area contributed by atoms with Crippen LogP contribution in [-0.2, 0) is 16.0 Å². The topological polar surface area (TPSA) is 54.4 Å². The van der Waals surface area contributed by atoms with Crippen molar-refractivity contribution in [1.82, 2.24) is 0 Å². The number of hydrogen-bond donors (Lipinski definition) is 1. The molecule has 0 amide bonds. The van der Waals surface area contributed by atoms with Crippen LogP contribution >= 0.6 is 0 Å². The average molecular weight is 448 g/mol. The highest BCUT2D eigenvalue weighted by atomic mass is 32.2. The number of alkyl halides is 3. The third kappa shape index (κ3) is 5.00. The van der Waals surface area contributed by atoms with E-state index >= 15 is 0 Å². The van der Waals surface area contributed by atoms with Gasteiger partial charge >= 0.3 is 6.18 Å². The minimum absolute atomic E-state index is 0.201. The molecule has 0 bridgehead atoms. The van der Waals surface area contributed by atoms with E-state index in [0.717, 1.165) is 24.3 Å². The van der Waals surface area contributed by atoms with Crippen molar-refractivity contribution >= 4 is 9.84 Å². The van der Waals surface area contributed by atoms with E-state index in [0.29, 0.717) is 37.8 Å². The number of halogens is 5. The van der Waals surface area contributed by atoms with Gasteiger partial charge in [-0.25, -0.2) is 17.2 Å². The average Bonchev–Trinajstić information content (AvgIpc) is 2.62. The molecule has 0 radical (unpaired) electrons. The van der Waals surface area contributed by atoms with Crippen molar-refractivity contribution in [2.45, 2.75) is 49.3 Å². The van der Waals surface area contributed by atoms with Crippen molar-refractivity contribution in [2.75, 3.05) is 5.75 Å². The highest BCUT2D eigenvalue weighted by Crippen LogP contribution is 2.39. The molecule has 1 N–H and O–H groups in total. The summed E-state index contributed by atoms with van der Waals surface area (Å²) in [4.78, 5) is -0.862. The van der Waals surface area contributed by atoms with Gasteiger partial charge in [-0.3, -0.25) is 0 Å². The summed E-state index contributed by atoms with van der Waals surface area (Å²) >= 11 is 0. The fraction of sp³-hybridized carbons (Fsp3) is 0.429. The summed E-state index contributed by atoms with van der Waals surface area (Å²) in [5.41, 5.74) is -2.74. The van der Waals surface area contributed by atoms with Crippen LogP contribution in [0.5, 0.6) is 0 Å². The Balaban J connectivity index is 1.98. The lowest BCUT2D eigenvalue weighted by Crippen LogP contribution is -2.33. The Morgan fingerprint density at radius 1 is 1.07 bits per heavy atom.